The summed E-state index contributed by atoms with van der Waals surface area (Å²) < 4.78 is 0. The molecule has 15 heavy (non-hydrogen) atoms. The first-order valence-electron chi connectivity index (χ1n) is 5.37. The zero-order chi connectivity index (χ0) is 11.1. The van der Waals surface area contributed by atoms with Crippen molar-refractivity contribution >= 4 is 17.5 Å². The van der Waals surface area contributed by atoms with Gasteiger partial charge in [0.2, 0.25) is 0 Å². The number of carbonyl (C=O) groups excluding carboxylic acids is 1. The van der Waals surface area contributed by atoms with Crippen LogP contribution < -0.4 is 0 Å². The molecule has 0 radical (unpaired) electrons. The molecule has 2 heteroatoms. The summed E-state index contributed by atoms with van der Waals surface area (Å²) >= 11 is 1.71. The van der Waals surface area contributed by atoms with Gasteiger partial charge in [-0.3, -0.25) is 4.79 Å². The van der Waals surface area contributed by atoms with Gasteiger partial charge in [-0.05, 0) is 18.9 Å². The van der Waals surface area contributed by atoms with Crippen molar-refractivity contribution in [2.45, 2.75) is 32.4 Å². The third-order valence-corrected chi connectivity index (χ3v) is 3.21. The second kappa shape index (κ2) is 6.67. The van der Waals surface area contributed by atoms with Crippen LogP contribution in [-0.2, 0) is 10.5 Å². The molecule has 0 saturated carbocycles. The van der Waals surface area contributed by atoms with Gasteiger partial charge in [-0.2, -0.15) is 0 Å². The van der Waals surface area contributed by atoms with E-state index in [0.29, 0.717) is 11.5 Å². The second-order valence-corrected chi connectivity index (χ2v) is 4.76. The SMILES string of the molecule is CCCC(=O)CSCc1cccc(C)c1. The summed E-state index contributed by atoms with van der Waals surface area (Å²) in [5, 5.41) is 0. The molecule has 0 aliphatic rings. The maximum Gasteiger partial charge on any atom is 0.142 e. The van der Waals surface area contributed by atoms with E-state index in [-0.39, 0.29) is 0 Å². The lowest BCUT2D eigenvalue weighted by Crippen LogP contribution is -2.00. The Hall–Kier alpha value is -0.760. The minimum atomic E-state index is 0.371. The zero-order valence-electron chi connectivity index (χ0n) is 9.45. The van der Waals surface area contributed by atoms with Crippen LogP contribution in [0.4, 0.5) is 0 Å². The molecule has 0 bridgehead atoms. The smallest absolute Gasteiger partial charge is 0.142 e. The van der Waals surface area contributed by atoms with Crippen LogP contribution in [-0.4, -0.2) is 11.5 Å². The predicted molar refractivity (Wildman–Crippen MR) is 67.3 cm³/mol. The lowest BCUT2D eigenvalue weighted by Gasteiger charge is -2.02. The van der Waals surface area contributed by atoms with E-state index >= 15 is 0 Å². The highest BCUT2D eigenvalue weighted by molar-refractivity contribution is 7.99. The summed E-state index contributed by atoms with van der Waals surface area (Å²) in [6.45, 7) is 4.14. The predicted octanol–water partition coefficient (Wildman–Crippen LogP) is 3.60. The minimum Gasteiger partial charge on any atom is -0.299 e. The molecule has 1 nitrogen and oxygen atoms in total. The molecule has 0 atom stereocenters. The Morgan fingerprint density at radius 1 is 1.40 bits per heavy atom. The van der Waals surface area contributed by atoms with E-state index in [9.17, 15) is 4.79 Å². The van der Waals surface area contributed by atoms with E-state index < -0.39 is 0 Å². The molecule has 1 rings (SSSR count). The molecule has 0 unspecified atom stereocenters. The third kappa shape index (κ3) is 5.03. The average molecular weight is 222 g/mol. The Bertz CT molecular complexity index is 320. The van der Waals surface area contributed by atoms with Crippen molar-refractivity contribution < 1.29 is 4.79 Å². The maximum absolute atomic E-state index is 11.3. The van der Waals surface area contributed by atoms with E-state index in [1.165, 1.54) is 11.1 Å². The Labute approximate surface area is 96.3 Å². The molecule has 0 saturated heterocycles. The molecule has 82 valence electrons. The molecule has 0 heterocycles. The van der Waals surface area contributed by atoms with Gasteiger partial charge in [0.25, 0.3) is 0 Å². The van der Waals surface area contributed by atoms with E-state index in [1.807, 2.05) is 6.92 Å². The van der Waals surface area contributed by atoms with Gasteiger partial charge >= 0.3 is 0 Å². The van der Waals surface area contributed by atoms with Crippen molar-refractivity contribution in [3.63, 3.8) is 0 Å². The van der Waals surface area contributed by atoms with Crippen LogP contribution in [0, 0.1) is 6.92 Å². The van der Waals surface area contributed by atoms with Crippen molar-refractivity contribution in [1.29, 1.82) is 0 Å². The van der Waals surface area contributed by atoms with Gasteiger partial charge in [0.15, 0.2) is 0 Å². The van der Waals surface area contributed by atoms with E-state index in [2.05, 4.69) is 31.2 Å². The monoisotopic (exact) mass is 222 g/mol. The van der Waals surface area contributed by atoms with Crippen LogP contribution in [0.15, 0.2) is 24.3 Å². The Kier molecular flexibility index (Phi) is 5.48. The van der Waals surface area contributed by atoms with Crippen molar-refractivity contribution in [3.8, 4) is 0 Å². The molecule has 0 N–H and O–H groups in total. The molecule has 0 fully saturated rings. The standard InChI is InChI=1S/C13H18OS/c1-3-5-13(14)10-15-9-12-7-4-6-11(2)8-12/h4,6-8H,3,5,9-10H2,1-2H3. The quantitative estimate of drug-likeness (QED) is 0.731. The lowest BCUT2D eigenvalue weighted by molar-refractivity contribution is -0.116. The van der Waals surface area contributed by atoms with Gasteiger partial charge in [-0.25, -0.2) is 0 Å². The third-order valence-electron chi connectivity index (χ3n) is 2.14. The molecule has 0 amide bonds. The number of hydrogen-bond acceptors (Lipinski definition) is 2. The number of thioether (sulfide) groups is 1. The molecule has 0 aliphatic carbocycles. The Balaban J connectivity index is 2.28. The molecule has 1 aromatic rings. The zero-order valence-corrected chi connectivity index (χ0v) is 10.3. The molecule has 0 spiro atoms. The fourth-order valence-corrected chi connectivity index (χ4v) is 2.32. The molecular weight excluding hydrogens is 204 g/mol. The largest absolute Gasteiger partial charge is 0.299 e. The topological polar surface area (TPSA) is 17.1 Å². The summed E-state index contributed by atoms with van der Waals surface area (Å²) in [6.07, 6.45) is 1.69. The minimum absolute atomic E-state index is 0.371. The van der Waals surface area contributed by atoms with Gasteiger partial charge in [-0.1, -0.05) is 36.8 Å². The van der Waals surface area contributed by atoms with Crippen LogP contribution in [0.3, 0.4) is 0 Å². The number of carbonyl (C=O) groups is 1. The van der Waals surface area contributed by atoms with Gasteiger partial charge < -0.3 is 0 Å². The van der Waals surface area contributed by atoms with Crippen LogP contribution in [0.2, 0.25) is 0 Å². The average Bonchev–Trinajstić information content (AvgIpc) is 2.18. The number of aryl methyl sites for hydroxylation is 1. The van der Waals surface area contributed by atoms with Gasteiger partial charge in [0.1, 0.15) is 5.78 Å². The number of ketones is 1. The number of Topliss-reactive ketones (excluding diaryl/α,β-unsaturated/α-hetero) is 1. The van der Waals surface area contributed by atoms with Crippen molar-refractivity contribution in [1.82, 2.24) is 0 Å². The summed E-state index contributed by atoms with van der Waals surface area (Å²) in [7, 11) is 0. The van der Waals surface area contributed by atoms with Gasteiger partial charge in [0, 0.05) is 12.2 Å². The van der Waals surface area contributed by atoms with E-state index in [1.54, 1.807) is 11.8 Å². The summed E-state index contributed by atoms with van der Waals surface area (Å²) in [4.78, 5) is 11.3. The molecule has 0 aliphatic heterocycles. The fraction of sp³-hybridized carbons (Fsp3) is 0.462. The summed E-state index contributed by atoms with van der Waals surface area (Å²) in [5.41, 5.74) is 2.59. The van der Waals surface area contributed by atoms with Gasteiger partial charge in [-0.15, -0.1) is 11.8 Å². The summed E-state index contributed by atoms with van der Waals surface area (Å²) in [6, 6.07) is 8.46. The maximum atomic E-state index is 11.3. The highest BCUT2D eigenvalue weighted by atomic mass is 32.2. The van der Waals surface area contributed by atoms with E-state index in [0.717, 1.165) is 18.6 Å². The van der Waals surface area contributed by atoms with Crippen molar-refractivity contribution in [2.75, 3.05) is 5.75 Å². The van der Waals surface area contributed by atoms with Crippen molar-refractivity contribution in [2.24, 2.45) is 0 Å². The summed E-state index contributed by atoms with van der Waals surface area (Å²) in [5.74, 6) is 1.97. The molecule has 1 aromatic carbocycles. The van der Waals surface area contributed by atoms with Crippen molar-refractivity contribution in [3.05, 3.63) is 35.4 Å². The fourth-order valence-electron chi connectivity index (χ4n) is 1.44. The number of rotatable bonds is 6. The first kappa shape index (κ1) is 12.3. The van der Waals surface area contributed by atoms with Crippen LogP contribution in [0.1, 0.15) is 30.9 Å². The van der Waals surface area contributed by atoms with Crippen LogP contribution in [0.5, 0.6) is 0 Å². The number of benzene rings is 1. The van der Waals surface area contributed by atoms with Crippen LogP contribution >= 0.6 is 11.8 Å². The van der Waals surface area contributed by atoms with Gasteiger partial charge in [0.05, 0.1) is 5.75 Å². The Morgan fingerprint density at radius 2 is 2.20 bits per heavy atom. The molecular formula is C13H18OS. The second-order valence-electron chi connectivity index (χ2n) is 3.77. The first-order valence-corrected chi connectivity index (χ1v) is 6.53. The molecule has 0 aromatic heterocycles. The first-order chi connectivity index (χ1) is 7.22. The highest BCUT2D eigenvalue weighted by Crippen LogP contribution is 2.14. The lowest BCUT2D eigenvalue weighted by atomic mass is 10.2. The van der Waals surface area contributed by atoms with E-state index in [4.69, 9.17) is 0 Å². The highest BCUT2D eigenvalue weighted by Gasteiger charge is 2.00. The van der Waals surface area contributed by atoms with Crippen LogP contribution in [0.25, 0.3) is 0 Å². The number of hydrogen-bond donors (Lipinski definition) is 0. The Morgan fingerprint density at radius 3 is 2.87 bits per heavy atom. The normalized spacial score (nSPS) is 10.3.